The summed E-state index contributed by atoms with van der Waals surface area (Å²) in [6.45, 7) is 1.20. The Kier molecular flexibility index (Phi) is 7.62. The number of rotatable bonds is 9. The largest absolute Gasteiger partial charge is 0.497 e. The van der Waals surface area contributed by atoms with Gasteiger partial charge < -0.3 is 10.1 Å². The fourth-order valence-electron chi connectivity index (χ4n) is 4.06. The molecule has 3 aromatic rings. The summed E-state index contributed by atoms with van der Waals surface area (Å²) in [5, 5.41) is 6.16. The highest BCUT2D eigenvalue weighted by Crippen LogP contribution is 2.25. The van der Waals surface area contributed by atoms with Crippen LogP contribution in [0.4, 0.5) is 5.69 Å². The number of ether oxygens (including phenoxy) is 1. The number of carbonyl (C=O) groups is 1. The molecule has 1 heterocycles. The monoisotopic (exact) mass is 479 g/mol. The van der Waals surface area contributed by atoms with E-state index in [1.165, 1.54) is 4.31 Å². The van der Waals surface area contributed by atoms with Crippen molar-refractivity contribution < 1.29 is 17.9 Å². The molecule has 8 heteroatoms. The average Bonchev–Trinajstić information content (AvgIpc) is 3.42. The minimum absolute atomic E-state index is 0.0828. The molecule has 1 aliphatic rings. The Labute approximate surface area is 200 Å². The molecule has 1 saturated heterocycles. The highest BCUT2D eigenvalue weighted by Gasteiger charge is 2.27. The number of methoxy groups -OCH3 is 1. The van der Waals surface area contributed by atoms with Crippen molar-refractivity contribution in [1.82, 2.24) is 9.62 Å². The van der Waals surface area contributed by atoms with Crippen LogP contribution in [-0.2, 0) is 14.8 Å². The zero-order valence-corrected chi connectivity index (χ0v) is 19.9. The standard InChI is InChI=1S/C26H29N3O4S/c1-33-23-13-9-21(10-14-23)26(20-7-3-2-4-8-20)27-19-25(30)28-22-11-15-24(16-12-22)34(31,32)29-17-5-6-18-29/h2-4,7-16,26-27H,5-6,17-19H2,1H3,(H,28,30)/t26-/m0/s1. The van der Waals surface area contributed by atoms with Crippen molar-refractivity contribution >= 4 is 21.6 Å². The summed E-state index contributed by atoms with van der Waals surface area (Å²) in [6, 6.07) is 23.8. The number of sulfonamides is 1. The molecule has 0 bridgehead atoms. The summed E-state index contributed by atoms with van der Waals surface area (Å²) in [5.41, 5.74) is 2.60. The smallest absolute Gasteiger partial charge is 0.243 e. The van der Waals surface area contributed by atoms with E-state index < -0.39 is 10.0 Å². The third-order valence-corrected chi connectivity index (χ3v) is 7.80. The van der Waals surface area contributed by atoms with Crippen LogP contribution in [0.15, 0.2) is 83.8 Å². The molecule has 1 amide bonds. The first kappa shape index (κ1) is 23.9. The van der Waals surface area contributed by atoms with E-state index in [1.807, 2.05) is 54.6 Å². The first-order valence-electron chi connectivity index (χ1n) is 11.3. The second-order valence-corrected chi connectivity index (χ2v) is 10.1. The normalized spacial score (nSPS) is 15.1. The fraction of sp³-hybridized carbons (Fsp3) is 0.269. The lowest BCUT2D eigenvalue weighted by molar-refractivity contribution is -0.115. The molecule has 34 heavy (non-hydrogen) atoms. The SMILES string of the molecule is COc1ccc([C@@H](NCC(=O)Nc2ccc(S(=O)(=O)N3CCCC3)cc2)c2ccccc2)cc1. The molecule has 0 unspecified atom stereocenters. The third-order valence-electron chi connectivity index (χ3n) is 5.89. The van der Waals surface area contributed by atoms with Crippen molar-refractivity contribution in [2.24, 2.45) is 0 Å². The van der Waals surface area contributed by atoms with Crippen LogP contribution in [0.2, 0.25) is 0 Å². The van der Waals surface area contributed by atoms with Crippen LogP contribution in [0.3, 0.4) is 0 Å². The molecule has 1 atom stereocenters. The van der Waals surface area contributed by atoms with Crippen LogP contribution in [-0.4, -0.2) is 45.4 Å². The van der Waals surface area contributed by atoms with Gasteiger partial charge in [0.15, 0.2) is 0 Å². The molecule has 7 nitrogen and oxygen atoms in total. The number of nitrogens with one attached hydrogen (secondary N) is 2. The molecule has 4 rings (SSSR count). The first-order chi connectivity index (χ1) is 16.5. The minimum Gasteiger partial charge on any atom is -0.497 e. The van der Waals surface area contributed by atoms with Crippen molar-refractivity contribution in [3.63, 3.8) is 0 Å². The van der Waals surface area contributed by atoms with Gasteiger partial charge in [-0.15, -0.1) is 0 Å². The van der Waals surface area contributed by atoms with Crippen molar-refractivity contribution in [3.05, 3.63) is 90.0 Å². The van der Waals surface area contributed by atoms with Gasteiger partial charge in [0.2, 0.25) is 15.9 Å². The van der Waals surface area contributed by atoms with E-state index >= 15 is 0 Å². The molecule has 2 N–H and O–H groups in total. The van der Waals surface area contributed by atoms with Gasteiger partial charge in [-0.2, -0.15) is 4.31 Å². The summed E-state index contributed by atoms with van der Waals surface area (Å²) < 4.78 is 32.1. The molecule has 0 aromatic heterocycles. The van der Waals surface area contributed by atoms with E-state index in [0.717, 1.165) is 29.7 Å². The molecule has 0 spiro atoms. The lowest BCUT2D eigenvalue weighted by Gasteiger charge is -2.20. The topological polar surface area (TPSA) is 87.7 Å². The van der Waals surface area contributed by atoms with Gasteiger partial charge in [0.1, 0.15) is 5.75 Å². The maximum Gasteiger partial charge on any atom is 0.243 e. The number of amides is 1. The van der Waals surface area contributed by atoms with Crippen LogP contribution in [0, 0.1) is 0 Å². The quantitative estimate of drug-likeness (QED) is 0.488. The molecule has 1 fully saturated rings. The maximum absolute atomic E-state index is 12.7. The van der Waals surface area contributed by atoms with Gasteiger partial charge in [-0.25, -0.2) is 8.42 Å². The number of benzene rings is 3. The van der Waals surface area contributed by atoms with Gasteiger partial charge in [-0.1, -0.05) is 42.5 Å². The second kappa shape index (κ2) is 10.8. The molecule has 1 aliphatic heterocycles. The van der Waals surface area contributed by atoms with Crippen LogP contribution in [0.25, 0.3) is 0 Å². The Balaban J connectivity index is 1.41. The van der Waals surface area contributed by atoms with Crippen LogP contribution in [0.5, 0.6) is 5.75 Å². The van der Waals surface area contributed by atoms with Gasteiger partial charge in [0, 0.05) is 18.8 Å². The Morgan fingerprint density at radius 2 is 1.53 bits per heavy atom. The van der Waals surface area contributed by atoms with E-state index in [0.29, 0.717) is 18.8 Å². The van der Waals surface area contributed by atoms with Gasteiger partial charge in [-0.05, 0) is 60.4 Å². The molecule has 0 radical (unpaired) electrons. The first-order valence-corrected chi connectivity index (χ1v) is 12.7. The number of carbonyl (C=O) groups excluding carboxylic acids is 1. The van der Waals surface area contributed by atoms with Gasteiger partial charge in [0.25, 0.3) is 0 Å². The predicted molar refractivity (Wildman–Crippen MR) is 132 cm³/mol. The molecule has 3 aromatic carbocycles. The summed E-state index contributed by atoms with van der Waals surface area (Å²) >= 11 is 0. The van der Waals surface area contributed by atoms with Crippen molar-refractivity contribution in [3.8, 4) is 5.75 Å². The molecule has 0 aliphatic carbocycles. The van der Waals surface area contributed by atoms with Crippen LogP contribution >= 0.6 is 0 Å². The molecule has 0 saturated carbocycles. The Morgan fingerprint density at radius 3 is 2.15 bits per heavy atom. The van der Waals surface area contributed by atoms with E-state index in [4.69, 9.17) is 4.74 Å². The van der Waals surface area contributed by atoms with E-state index in [2.05, 4.69) is 10.6 Å². The van der Waals surface area contributed by atoms with Crippen molar-refractivity contribution in [2.45, 2.75) is 23.8 Å². The average molecular weight is 480 g/mol. The number of nitrogens with zero attached hydrogens (tertiary/aromatic N) is 1. The highest BCUT2D eigenvalue weighted by atomic mass is 32.2. The minimum atomic E-state index is -3.47. The predicted octanol–water partition coefficient (Wildman–Crippen LogP) is 3.80. The second-order valence-electron chi connectivity index (χ2n) is 8.18. The zero-order valence-electron chi connectivity index (χ0n) is 19.1. The van der Waals surface area contributed by atoms with Gasteiger partial charge in [0.05, 0.1) is 24.6 Å². The van der Waals surface area contributed by atoms with E-state index in [-0.39, 0.29) is 23.4 Å². The maximum atomic E-state index is 12.7. The summed E-state index contributed by atoms with van der Waals surface area (Å²) in [4.78, 5) is 12.9. The molecular weight excluding hydrogens is 450 g/mol. The summed E-state index contributed by atoms with van der Waals surface area (Å²) in [7, 11) is -1.85. The lowest BCUT2D eigenvalue weighted by Crippen LogP contribution is -2.32. The highest BCUT2D eigenvalue weighted by molar-refractivity contribution is 7.89. The third kappa shape index (κ3) is 5.64. The Bertz CT molecular complexity index is 1190. The fourth-order valence-corrected chi connectivity index (χ4v) is 5.57. The zero-order chi connectivity index (χ0) is 24.0. The van der Waals surface area contributed by atoms with Crippen LogP contribution in [0.1, 0.15) is 30.0 Å². The van der Waals surface area contributed by atoms with Crippen molar-refractivity contribution in [2.75, 3.05) is 32.1 Å². The Hall–Kier alpha value is -3.20. The van der Waals surface area contributed by atoms with Gasteiger partial charge >= 0.3 is 0 Å². The Morgan fingerprint density at radius 1 is 0.912 bits per heavy atom. The van der Waals surface area contributed by atoms with E-state index in [9.17, 15) is 13.2 Å². The van der Waals surface area contributed by atoms with Crippen LogP contribution < -0.4 is 15.4 Å². The summed E-state index contributed by atoms with van der Waals surface area (Å²) in [5.74, 6) is 0.549. The molecular formula is C26H29N3O4S. The lowest BCUT2D eigenvalue weighted by atomic mass is 9.98. The molecule has 178 valence electrons. The number of hydrogen-bond acceptors (Lipinski definition) is 5. The van der Waals surface area contributed by atoms with E-state index in [1.54, 1.807) is 31.4 Å². The summed E-state index contributed by atoms with van der Waals surface area (Å²) in [6.07, 6.45) is 1.78. The van der Waals surface area contributed by atoms with Crippen molar-refractivity contribution in [1.29, 1.82) is 0 Å². The van der Waals surface area contributed by atoms with Gasteiger partial charge in [-0.3, -0.25) is 10.1 Å². The number of hydrogen-bond donors (Lipinski definition) is 2. The number of anilines is 1.